The molecule has 6 nitrogen and oxygen atoms in total. The number of carbonyl (C=O) groups is 2. The van der Waals surface area contributed by atoms with E-state index in [1.807, 2.05) is 32.0 Å². The molecule has 0 aliphatic carbocycles. The summed E-state index contributed by atoms with van der Waals surface area (Å²) in [5.74, 6) is -0.868. The van der Waals surface area contributed by atoms with Crippen LogP contribution in [0.1, 0.15) is 17.5 Å². The van der Waals surface area contributed by atoms with Crippen molar-refractivity contribution in [2.45, 2.75) is 29.9 Å². The Morgan fingerprint density at radius 1 is 1.10 bits per heavy atom. The number of halogens is 1. The van der Waals surface area contributed by atoms with Gasteiger partial charge in [0.1, 0.15) is 11.1 Å². The van der Waals surface area contributed by atoms with Crippen molar-refractivity contribution in [2.75, 3.05) is 10.2 Å². The average molecular weight is 429 g/mol. The number of thioether (sulfide) groups is 1. The standard InChI is InChI=1S/C20H17FN4O2S2/c1-11-6-5-7-12(2)17(11)25-16(26)10-15(18(25)27)28-20-24-23-19(29-20)22-14-9-4-3-8-13(14)21/h3-9,15H,10H2,1-2H3,(H,22,23)/t15-/m1/s1. The molecule has 4 rings (SSSR count). The van der Waals surface area contributed by atoms with Crippen LogP contribution in [0, 0.1) is 19.7 Å². The number of benzene rings is 2. The number of carbonyl (C=O) groups excluding carboxylic acids is 2. The molecule has 0 radical (unpaired) electrons. The highest BCUT2D eigenvalue weighted by Crippen LogP contribution is 2.38. The normalized spacial score (nSPS) is 16.5. The molecule has 148 valence electrons. The summed E-state index contributed by atoms with van der Waals surface area (Å²) in [4.78, 5) is 26.8. The number of amides is 2. The Labute approximate surface area is 175 Å². The zero-order chi connectivity index (χ0) is 20.5. The van der Waals surface area contributed by atoms with Crippen molar-refractivity contribution in [1.82, 2.24) is 10.2 Å². The molecular formula is C20H17FN4O2S2. The lowest BCUT2D eigenvalue weighted by Gasteiger charge is -2.19. The van der Waals surface area contributed by atoms with E-state index < -0.39 is 11.1 Å². The summed E-state index contributed by atoms with van der Waals surface area (Å²) in [5, 5.41) is 10.8. The first-order chi connectivity index (χ1) is 13.9. The minimum absolute atomic E-state index is 0.104. The van der Waals surface area contributed by atoms with Crippen molar-refractivity contribution in [1.29, 1.82) is 0 Å². The van der Waals surface area contributed by atoms with Gasteiger partial charge in [-0.15, -0.1) is 10.2 Å². The first-order valence-electron chi connectivity index (χ1n) is 8.89. The molecule has 0 unspecified atom stereocenters. The van der Waals surface area contributed by atoms with Gasteiger partial charge >= 0.3 is 0 Å². The fourth-order valence-electron chi connectivity index (χ4n) is 3.20. The highest BCUT2D eigenvalue weighted by molar-refractivity contribution is 8.02. The molecule has 9 heteroatoms. The first-order valence-corrected chi connectivity index (χ1v) is 10.6. The quantitative estimate of drug-likeness (QED) is 0.605. The van der Waals surface area contributed by atoms with Gasteiger partial charge in [-0.2, -0.15) is 0 Å². The summed E-state index contributed by atoms with van der Waals surface area (Å²) in [5.41, 5.74) is 2.72. The number of rotatable bonds is 5. The smallest absolute Gasteiger partial charge is 0.247 e. The van der Waals surface area contributed by atoms with Crippen LogP contribution < -0.4 is 10.2 Å². The molecule has 2 aromatic carbocycles. The van der Waals surface area contributed by atoms with E-state index >= 15 is 0 Å². The monoisotopic (exact) mass is 428 g/mol. The van der Waals surface area contributed by atoms with Gasteiger partial charge in [0.2, 0.25) is 16.9 Å². The molecule has 1 aromatic heterocycles. The number of nitrogens with one attached hydrogen (secondary N) is 1. The van der Waals surface area contributed by atoms with Crippen molar-refractivity contribution in [3.05, 3.63) is 59.4 Å². The first kappa shape index (κ1) is 19.5. The highest BCUT2D eigenvalue weighted by Gasteiger charge is 2.41. The van der Waals surface area contributed by atoms with Gasteiger partial charge < -0.3 is 5.32 Å². The Kier molecular flexibility index (Phi) is 5.33. The summed E-state index contributed by atoms with van der Waals surface area (Å²) in [6.45, 7) is 3.77. The molecule has 1 N–H and O–H groups in total. The van der Waals surface area contributed by atoms with E-state index in [4.69, 9.17) is 0 Å². The van der Waals surface area contributed by atoms with Crippen molar-refractivity contribution >= 4 is 51.4 Å². The molecule has 0 bridgehead atoms. The average Bonchev–Trinajstić information content (AvgIpc) is 3.23. The van der Waals surface area contributed by atoms with Crippen molar-refractivity contribution < 1.29 is 14.0 Å². The summed E-state index contributed by atoms with van der Waals surface area (Å²) in [7, 11) is 0. The summed E-state index contributed by atoms with van der Waals surface area (Å²) < 4.78 is 14.3. The maximum absolute atomic E-state index is 13.8. The SMILES string of the molecule is Cc1cccc(C)c1N1C(=O)C[C@@H](Sc2nnc(Nc3ccccc3F)s2)C1=O. The number of anilines is 3. The maximum atomic E-state index is 13.8. The third-order valence-corrected chi connectivity index (χ3v) is 6.64. The van der Waals surface area contributed by atoms with E-state index in [1.54, 1.807) is 18.2 Å². The molecule has 0 saturated carbocycles. The van der Waals surface area contributed by atoms with Gasteiger partial charge in [-0.05, 0) is 37.1 Å². The van der Waals surface area contributed by atoms with Crippen LogP contribution in [-0.4, -0.2) is 27.3 Å². The van der Waals surface area contributed by atoms with Crippen molar-refractivity contribution in [3.8, 4) is 0 Å². The van der Waals surface area contributed by atoms with E-state index in [2.05, 4.69) is 15.5 Å². The fraction of sp³-hybridized carbons (Fsp3) is 0.200. The summed E-state index contributed by atoms with van der Waals surface area (Å²) in [6.07, 6.45) is 0.104. The van der Waals surface area contributed by atoms with Gasteiger partial charge in [0.15, 0.2) is 4.34 Å². The molecule has 1 atom stereocenters. The molecule has 0 spiro atoms. The molecule has 29 heavy (non-hydrogen) atoms. The topological polar surface area (TPSA) is 75.2 Å². The predicted molar refractivity (Wildman–Crippen MR) is 112 cm³/mol. The van der Waals surface area contributed by atoms with Crippen molar-refractivity contribution in [3.63, 3.8) is 0 Å². The lowest BCUT2D eigenvalue weighted by atomic mass is 10.1. The number of para-hydroxylation sites is 2. The summed E-state index contributed by atoms with van der Waals surface area (Å²) >= 11 is 2.42. The molecule has 2 heterocycles. The fourth-order valence-corrected chi connectivity index (χ4v) is 5.23. The predicted octanol–water partition coefficient (Wildman–Crippen LogP) is 4.46. The summed E-state index contributed by atoms with van der Waals surface area (Å²) in [6, 6.07) is 11.9. The number of hydrogen-bond acceptors (Lipinski definition) is 7. The largest absolute Gasteiger partial charge is 0.328 e. The van der Waals surface area contributed by atoms with E-state index in [0.717, 1.165) is 11.1 Å². The van der Waals surface area contributed by atoms with Gasteiger partial charge in [-0.1, -0.05) is 53.4 Å². The number of aromatic nitrogens is 2. The highest BCUT2D eigenvalue weighted by atomic mass is 32.2. The minimum atomic E-state index is -0.559. The van der Waals surface area contributed by atoms with Crippen LogP contribution in [0.3, 0.4) is 0 Å². The second kappa shape index (κ2) is 7.92. The molecule has 1 saturated heterocycles. The number of nitrogens with zero attached hydrogens (tertiary/aromatic N) is 3. The molecule has 1 aliphatic rings. The van der Waals surface area contributed by atoms with E-state index in [-0.39, 0.29) is 18.2 Å². The second-order valence-electron chi connectivity index (χ2n) is 6.60. The van der Waals surface area contributed by atoms with Gasteiger partial charge in [0.05, 0.1) is 11.4 Å². The zero-order valence-corrected chi connectivity index (χ0v) is 17.3. The van der Waals surface area contributed by atoms with Crippen LogP contribution in [0.25, 0.3) is 0 Å². The van der Waals surface area contributed by atoms with Crippen LogP contribution in [0.4, 0.5) is 20.9 Å². The van der Waals surface area contributed by atoms with E-state index in [0.29, 0.717) is 20.8 Å². The molecule has 2 amide bonds. The Hall–Kier alpha value is -2.78. The Bertz CT molecular complexity index is 1080. The zero-order valence-electron chi connectivity index (χ0n) is 15.7. The number of hydrogen-bond donors (Lipinski definition) is 1. The Morgan fingerprint density at radius 3 is 2.55 bits per heavy atom. The van der Waals surface area contributed by atoms with Crippen LogP contribution >= 0.6 is 23.1 Å². The van der Waals surface area contributed by atoms with Gasteiger partial charge in [0, 0.05) is 6.42 Å². The second-order valence-corrected chi connectivity index (χ2v) is 9.02. The molecule has 1 fully saturated rings. The Balaban J connectivity index is 1.50. The number of imide groups is 1. The third kappa shape index (κ3) is 3.88. The van der Waals surface area contributed by atoms with Gasteiger partial charge in [-0.25, -0.2) is 9.29 Å². The molecule has 1 aliphatic heterocycles. The van der Waals surface area contributed by atoms with E-state index in [9.17, 15) is 14.0 Å². The van der Waals surface area contributed by atoms with Gasteiger partial charge in [0.25, 0.3) is 0 Å². The van der Waals surface area contributed by atoms with Crippen LogP contribution in [0.5, 0.6) is 0 Å². The van der Waals surface area contributed by atoms with Crippen LogP contribution in [-0.2, 0) is 9.59 Å². The number of aryl methyl sites for hydroxylation is 2. The minimum Gasteiger partial charge on any atom is -0.328 e. The molecule has 3 aromatic rings. The lowest BCUT2D eigenvalue weighted by Crippen LogP contribution is -2.32. The third-order valence-electron chi connectivity index (χ3n) is 4.53. The van der Waals surface area contributed by atoms with Gasteiger partial charge in [-0.3, -0.25) is 9.59 Å². The molecular weight excluding hydrogens is 411 g/mol. The Morgan fingerprint density at radius 2 is 1.83 bits per heavy atom. The lowest BCUT2D eigenvalue weighted by molar-refractivity contribution is -0.121. The van der Waals surface area contributed by atoms with Crippen molar-refractivity contribution in [2.24, 2.45) is 0 Å². The van der Waals surface area contributed by atoms with Crippen LogP contribution in [0.15, 0.2) is 46.8 Å². The van der Waals surface area contributed by atoms with E-state index in [1.165, 1.54) is 34.1 Å². The maximum Gasteiger partial charge on any atom is 0.247 e. The van der Waals surface area contributed by atoms with Crippen LogP contribution in [0.2, 0.25) is 0 Å².